The van der Waals surface area contributed by atoms with Gasteiger partial charge in [0.2, 0.25) is 0 Å². The zero-order chi connectivity index (χ0) is 21.7. The topological polar surface area (TPSA) is 89.0 Å². The SMILES string of the molecule is CCCN1C(=O)C(=O)/C(=C(\O)c2ccc(OCC)cc2OCC)C1c1ccncc1. The second-order valence-corrected chi connectivity index (χ2v) is 6.80. The Kier molecular flexibility index (Phi) is 6.72. The molecule has 1 aliphatic rings. The number of likely N-dealkylation sites (tertiary alicyclic amines) is 1. The van der Waals surface area contributed by atoms with Crippen LogP contribution >= 0.6 is 0 Å². The van der Waals surface area contributed by atoms with E-state index in [9.17, 15) is 14.7 Å². The molecule has 158 valence electrons. The average Bonchev–Trinajstić information content (AvgIpc) is 3.00. The van der Waals surface area contributed by atoms with Gasteiger partial charge in [0.25, 0.3) is 11.7 Å². The van der Waals surface area contributed by atoms with Crippen molar-refractivity contribution in [2.75, 3.05) is 19.8 Å². The molecule has 3 rings (SSSR count). The molecule has 1 aromatic heterocycles. The first kappa shape index (κ1) is 21.4. The number of Topliss-reactive ketones (excluding diaryl/α,β-unsaturated/α-hetero) is 1. The maximum absolute atomic E-state index is 12.9. The van der Waals surface area contributed by atoms with Gasteiger partial charge < -0.3 is 19.5 Å². The molecule has 1 aliphatic heterocycles. The van der Waals surface area contributed by atoms with E-state index in [0.717, 1.165) is 0 Å². The second-order valence-electron chi connectivity index (χ2n) is 6.80. The molecule has 0 aliphatic carbocycles. The molecule has 1 N–H and O–H groups in total. The van der Waals surface area contributed by atoms with E-state index in [1.54, 1.807) is 42.7 Å². The predicted octanol–water partition coefficient (Wildman–Crippen LogP) is 3.71. The Labute approximate surface area is 175 Å². The van der Waals surface area contributed by atoms with Gasteiger partial charge in [-0.15, -0.1) is 0 Å². The van der Waals surface area contributed by atoms with Crippen LogP contribution in [0, 0.1) is 0 Å². The van der Waals surface area contributed by atoms with E-state index in [1.165, 1.54) is 4.90 Å². The third-order valence-electron chi connectivity index (χ3n) is 4.85. The van der Waals surface area contributed by atoms with Crippen molar-refractivity contribution in [3.63, 3.8) is 0 Å². The van der Waals surface area contributed by atoms with E-state index in [1.807, 2.05) is 20.8 Å². The van der Waals surface area contributed by atoms with Crippen LogP contribution in [0.2, 0.25) is 0 Å². The maximum Gasteiger partial charge on any atom is 0.295 e. The van der Waals surface area contributed by atoms with Crippen molar-refractivity contribution in [2.45, 2.75) is 33.2 Å². The van der Waals surface area contributed by atoms with Crippen molar-refractivity contribution >= 4 is 17.4 Å². The molecule has 30 heavy (non-hydrogen) atoms. The van der Waals surface area contributed by atoms with Crippen LogP contribution in [0.4, 0.5) is 0 Å². The molecule has 0 spiro atoms. The average molecular weight is 410 g/mol. The normalized spacial score (nSPS) is 18.0. The van der Waals surface area contributed by atoms with Crippen LogP contribution in [-0.2, 0) is 9.59 Å². The molecular formula is C23H26N2O5. The largest absolute Gasteiger partial charge is 0.507 e. The number of ether oxygens (including phenoxy) is 2. The summed E-state index contributed by atoms with van der Waals surface area (Å²) in [7, 11) is 0. The second kappa shape index (κ2) is 9.43. The number of nitrogens with zero attached hydrogens (tertiary/aromatic N) is 2. The Morgan fingerprint density at radius 3 is 2.40 bits per heavy atom. The summed E-state index contributed by atoms with van der Waals surface area (Å²) in [6, 6.07) is 7.81. The molecule has 0 saturated carbocycles. The lowest BCUT2D eigenvalue weighted by atomic mass is 9.95. The lowest BCUT2D eigenvalue weighted by Crippen LogP contribution is -2.30. The zero-order valence-electron chi connectivity index (χ0n) is 17.4. The van der Waals surface area contributed by atoms with Gasteiger partial charge in [-0.25, -0.2) is 0 Å². The van der Waals surface area contributed by atoms with Crippen LogP contribution in [-0.4, -0.2) is 46.4 Å². The first-order chi connectivity index (χ1) is 14.5. The molecule has 7 heteroatoms. The first-order valence-electron chi connectivity index (χ1n) is 10.1. The number of aliphatic hydroxyl groups excluding tert-OH is 1. The standard InChI is InChI=1S/C23H26N2O5/c1-4-13-25-20(15-9-11-24-12-10-15)19(22(27)23(25)28)21(26)17-8-7-16(29-5-2)14-18(17)30-6-3/h7-12,14,20,26H,4-6,13H2,1-3H3/b21-19-. The van der Waals surface area contributed by atoms with Crippen LogP contribution in [0.1, 0.15) is 44.4 Å². The highest BCUT2D eigenvalue weighted by Gasteiger charge is 2.45. The van der Waals surface area contributed by atoms with Crippen LogP contribution in [0.5, 0.6) is 11.5 Å². The van der Waals surface area contributed by atoms with Gasteiger partial charge in [0, 0.05) is 25.0 Å². The number of benzene rings is 1. The van der Waals surface area contributed by atoms with E-state index in [0.29, 0.717) is 48.8 Å². The number of carbonyl (C=O) groups excluding carboxylic acids is 2. The molecule has 2 aromatic rings. The number of aromatic nitrogens is 1. The lowest BCUT2D eigenvalue weighted by molar-refractivity contribution is -0.139. The summed E-state index contributed by atoms with van der Waals surface area (Å²) in [4.78, 5) is 31.2. The molecule has 1 amide bonds. The molecular weight excluding hydrogens is 384 g/mol. The van der Waals surface area contributed by atoms with Gasteiger partial charge >= 0.3 is 0 Å². The highest BCUT2D eigenvalue weighted by atomic mass is 16.5. The number of amides is 1. The summed E-state index contributed by atoms with van der Waals surface area (Å²) in [6.07, 6.45) is 3.88. The molecule has 7 nitrogen and oxygen atoms in total. The third-order valence-corrected chi connectivity index (χ3v) is 4.85. The highest BCUT2D eigenvalue weighted by Crippen LogP contribution is 2.41. The number of hydrogen-bond acceptors (Lipinski definition) is 6. The Balaban J connectivity index is 2.18. The monoisotopic (exact) mass is 410 g/mol. The summed E-state index contributed by atoms with van der Waals surface area (Å²) < 4.78 is 11.2. The summed E-state index contributed by atoms with van der Waals surface area (Å²) in [5, 5.41) is 11.2. The summed E-state index contributed by atoms with van der Waals surface area (Å²) in [5.74, 6) is -0.616. The fourth-order valence-electron chi connectivity index (χ4n) is 3.62. The molecule has 2 heterocycles. The van der Waals surface area contributed by atoms with Crippen molar-refractivity contribution < 1.29 is 24.2 Å². The smallest absolute Gasteiger partial charge is 0.295 e. The van der Waals surface area contributed by atoms with Gasteiger partial charge in [-0.2, -0.15) is 0 Å². The molecule has 1 fully saturated rings. The highest BCUT2D eigenvalue weighted by molar-refractivity contribution is 6.46. The summed E-state index contributed by atoms with van der Waals surface area (Å²) in [5.41, 5.74) is 1.10. The number of pyridine rings is 1. The first-order valence-corrected chi connectivity index (χ1v) is 10.1. The van der Waals surface area contributed by atoms with Crippen LogP contribution in [0.15, 0.2) is 48.3 Å². The van der Waals surface area contributed by atoms with Gasteiger partial charge in [-0.05, 0) is 50.1 Å². The van der Waals surface area contributed by atoms with Crippen molar-refractivity contribution in [3.05, 3.63) is 59.4 Å². The van der Waals surface area contributed by atoms with E-state index in [2.05, 4.69) is 4.98 Å². The minimum absolute atomic E-state index is 0.0461. The number of carbonyl (C=O) groups is 2. The number of ketones is 1. The van der Waals surface area contributed by atoms with Crippen molar-refractivity contribution in [3.8, 4) is 11.5 Å². The van der Waals surface area contributed by atoms with Crippen molar-refractivity contribution in [1.82, 2.24) is 9.88 Å². The quantitative estimate of drug-likeness (QED) is 0.405. The third kappa shape index (κ3) is 4.01. The van der Waals surface area contributed by atoms with E-state index in [4.69, 9.17) is 9.47 Å². The number of rotatable bonds is 8. The van der Waals surface area contributed by atoms with E-state index in [-0.39, 0.29) is 11.3 Å². The molecule has 1 atom stereocenters. The maximum atomic E-state index is 12.9. The predicted molar refractivity (Wildman–Crippen MR) is 112 cm³/mol. The Bertz CT molecular complexity index is 955. The van der Waals surface area contributed by atoms with Gasteiger partial charge in [0.05, 0.1) is 30.4 Å². The Morgan fingerprint density at radius 1 is 1.07 bits per heavy atom. The minimum atomic E-state index is -0.709. The number of aliphatic hydroxyl groups is 1. The van der Waals surface area contributed by atoms with Gasteiger partial charge in [0.1, 0.15) is 17.3 Å². The van der Waals surface area contributed by atoms with Crippen molar-refractivity contribution in [1.29, 1.82) is 0 Å². The molecule has 0 bridgehead atoms. The van der Waals surface area contributed by atoms with Crippen LogP contribution < -0.4 is 9.47 Å². The molecule has 1 aromatic carbocycles. The van der Waals surface area contributed by atoms with Gasteiger partial charge in [-0.1, -0.05) is 6.92 Å². The fourth-order valence-corrected chi connectivity index (χ4v) is 3.62. The molecule has 1 saturated heterocycles. The lowest BCUT2D eigenvalue weighted by Gasteiger charge is -2.24. The summed E-state index contributed by atoms with van der Waals surface area (Å²) in [6.45, 7) is 6.89. The molecule has 0 radical (unpaired) electrons. The Morgan fingerprint density at radius 2 is 1.77 bits per heavy atom. The number of hydrogen-bond donors (Lipinski definition) is 1. The minimum Gasteiger partial charge on any atom is -0.507 e. The van der Waals surface area contributed by atoms with Crippen molar-refractivity contribution in [2.24, 2.45) is 0 Å². The van der Waals surface area contributed by atoms with Crippen LogP contribution in [0.3, 0.4) is 0 Å². The molecule has 1 unspecified atom stereocenters. The summed E-state index contributed by atoms with van der Waals surface area (Å²) >= 11 is 0. The van der Waals surface area contributed by atoms with E-state index < -0.39 is 17.7 Å². The Hall–Kier alpha value is -3.35. The fraction of sp³-hybridized carbons (Fsp3) is 0.348. The van der Waals surface area contributed by atoms with Gasteiger partial charge in [0.15, 0.2) is 0 Å². The zero-order valence-corrected chi connectivity index (χ0v) is 17.4. The van der Waals surface area contributed by atoms with Gasteiger partial charge in [-0.3, -0.25) is 14.6 Å². The van der Waals surface area contributed by atoms with E-state index >= 15 is 0 Å². The van der Waals surface area contributed by atoms with Crippen LogP contribution in [0.25, 0.3) is 5.76 Å².